The van der Waals surface area contributed by atoms with Crippen LogP contribution in [0, 0.1) is 11.8 Å². The van der Waals surface area contributed by atoms with Crippen molar-refractivity contribution in [3.8, 4) is 0 Å². The number of alkyl halides is 2. The van der Waals surface area contributed by atoms with Crippen LogP contribution in [0.25, 0.3) is 0 Å². The number of nitrogens with one attached hydrogen (secondary N) is 1. The van der Waals surface area contributed by atoms with Crippen LogP contribution in [-0.2, 0) is 14.3 Å². The summed E-state index contributed by atoms with van der Waals surface area (Å²) in [6.45, 7) is 9.57. The molecule has 0 heterocycles. The van der Waals surface area contributed by atoms with E-state index in [1.54, 1.807) is 4.90 Å². The van der Waals surface area contributed by atoms with Crippen LogP contribution in [0.15, 0.2) is 0 Å². The molecule has 0 aliphatic rings. The van der Waals surface area contributed by atoms with Crippen LogP contribution in [0.1, 0.15) is 52.9 Å². The quantitative estimate of drug-likeness (QED) is 0.150. The van der Waals surface area contributed by atoms with Crippen LogP contribution in [0.4, 0.5) is 0 Å². The van der Waals surface area contributed by atoms with E-state index in [9.17, 15) is 4.79 Å². The molecule has 0 aromatic rings. The van der Waals surface area contributed by atoms with E-state index in [4.69, 9.17) is 32.7 Å². The zero-order chi connectivity index (χ0) is 19.6. The normalized spacial score (nSPS) is 13.8. The van der Waals surface area contributed by atoms with Gasteiger partial charge in [0.1, 0.15) is 6.23 Å². The van der Waals surface area contributed by atoms with E-state index in [1.807, 2.05) is 0 Å². The highest BCUT2D eigenvalue weighted by molar-refractivity contribution is 6.18. The van der Waals surface area contributed by atoms with E-state index in [0.717, 1.165) is 18.7 Å². The van der Waals surface area contributed by atoms with Gasteiger partial charge < -0.3 is 14.4 Å². The molecular weight excluding hydrogens is 375 g/mol. The number of rotatable bonds is 19. The highest BCUT2D eigenvalue weighted by Gasteiger charge is 2.17. The number of nitrogens with zero attached hydrogens (tertiary/aromatic N) is 1. The summed E-state index contributed by atoms with van der Waals surface area (Å²) >= 11 is 11.4. The van der Waals surface area contributed by atoms with Crippen molar-refractivity contribution in [2.75, 3.05) is 44.8 Å². The summed E-state index contributed by atoms with van der Waals surface area (Å²) in [6.07, 6.45) is 5.91. The van der Waals surface area contributed by atoms with Crippen LogP contribution >= 0.6 is 23.2 Å². The van der Waals surface area contributed by atoms with Crippen molar-refractivity contribution in [1.29, 1.82) is 0 Å². The lowest BCUT2D eigenvalue weighted by atomic mass is 9.98. The molecule has 156 valence electrons. The molecule has 2 atom stereocenters. The van der Waals surface area contributed by atoms with Gasteiger partial charge >= 0.3 is 0 Å². The first-order valence-electron chi connectivity index (χ1n) is 9.78. The summed E-state index contributed by atoms with van der Waals surface area (Å²) in [5.41, 5.74) is 0. The average molecular weight is 413 g/mol. The van der Waals surface area contributed by atoms with Crippen molar-refractivity contribution in [3.63, 3.8) is 0 Å². The van der Waals surface area contributed by atoms with Gasteiger partial charge in [0.25, 0.3) is 0 Å². The Bertz CT molecular complexity index is 323. The zero-order valence-corrected chi connectivity index (χ0v) is 18.2. The fourth-order valence-corrected chi connectivity index (χ4v) is 2.93. The van der Waals surface area contributed by atoms with Crippen molar-refractivity contribution in [1.82, 2.24) is 10.2 Å². The Kier molecular flexibility index (Phi) is 18.3. The number of carbonyl (C=O) groups is 1. The van der Waals surface area contributed by atoms with Gasteiger partial charge in [0.2, 0.25) is 6.41 Å². The summed E-state index contributed by atoms with van der Waals surface area (Å²) in [4.78, 5) is 12.9. The van der Waals surface area contributed by atoms with Gasteiger partial charge in [-0.1, -0.05) is 40.0 Å². The lowest BCUT2D eigenvalue weighted by Gasteiger charge is -2.28. The van der Waals surface area contributed by atoms with Gasteiger partial charge in [-0.3, -0.25) is 10.1 Å². The van der Waals surface area contributed by atoms with Gasteiger partial charge in [-0.15, -0.1) is 23.2 Å². The second-order valence-electron chi connectivity index (χ2n) is 7.11. The minimum atomic E-state index is -0.290. The summed E-state index contributed by atoms with van der Waals surface area (Å²) in [6, 6.07) is 0. The minimum absolute atomic E-state index is 0.290. The zero-order valence-electron chi connectivity index (χ0n) is 16.7. The van der Waals surface area contributed by atoms with E-state index >= 15 is 0 Å². The molecule has 1 N–H and O–H groups in total. The number of carbonyl (C=O) groups excluding carboxylic acids is 1. The molecule has 7 heteroatoms. The molecule has 0 saturated heterocycles. The molecule has 0 fully saturated rings. The van der Waals surface area contributed by atoms with Gasteiger partial charge in [0.15, 0.2) is 0 Å². The third-order valence-corrected chi connectivity index (χ3v) is 4.59. The van der Waals surface area contributed by atoms with Crippen molar-refractivity contribution in [3.05, 3.63) is 0 Å². The maximum atomic E-state index is 11.3. The first-order valence-corrected chi connectivity index (χ1v) is 10.8. The monoisotopic (exact) mass is 412 g/mol. The summed E-state index contributed by atoms with van der Waals surface area (Å²) in [5.74, 6) is 2.34. The highest BCUT2D eigenvalue weighted by Crippen LogP contribution is 2.16. The van der Waals surface area contributed by atoms with Gasteiger partial charge in [0, 0.05) is 37.9 Å². The molecule has 0 aliphatic carbocycles. The average Bonchev–Trinajstić information content (AvgIpc) is 2.61. The highest BCUT2D eigenvalue weighted by atomic mass is 35.5. The van der Waals surface area contributed by atoms with Crippen LogP contribution in [-0.4, -0.2) is 62.3 Å². The number of hydrogen-bond acceptors (Lipinski definition) is 4. The summed E-state index contributed by atoms with van der Waals surface area (Å²) in [7, 11) is 0. The Morgan fingerprint density at radius 1 is 1.04 bits per heavy atom. The third-order valence-electron chi connectivity index (χ3n) is 4.23. The summed E-state index contributed by atoms with van der Waals surface area (Å²) < 4.78 is 11.5. The minimum Gasteiger partial charge on any atom is -0.366 e. The van der Waals surface area contributed by atoms with E-state index < -0.39 is 0 Å². The lowest BCUT2D eigenvalue weighted by Crippen LogP contribution is -2.39. The van der Waals surface area contributed by atoms with Crippen molar-refractivity contribution >= 4 is 29.6 Å². The van der Waals surface area contributed by atoms with Crippen LogP contribution in [0.3, 0.4) is 0 Å². The summed E-state index contributed by atoms with van der Waals surface area (Å²) in [5, 5.41) is 3.06. The van der Waals surface area contributed by atoms with Crippen LogP contribution < -0.4 is 5.32 Å². The Hall–Kier alpha value is -0.0700. The third kappa shape index (κ3) is 15.0. The lowest BCUT2D eigenvalue weighted by molar-refractivity contribution is -0.135. The van der Waals surface area contributed by atoms with Crippen molar-refractivity contribution in [2.45, 2.75) is 59.1 Å². The Balaban J connectivity index is 4.15. The Labute approximate surface area is 170 Å². The first-order chi connectivity index (χ1) is 12.5. The van der Waals surface area contributed by atoms with E-state index in [0.29, 0.717) is 57.1 Å². The predicted molar refractivity (Wildman–Crippen MR) is 110 cm³/mol. The molecule has 0 bridgehead atoms. The largest absolute Gasteiger partial charge is 0.366 e. The SMILES string of the molecule is CC(C)CCCC(C)CCOC(CCOCNCCCl)N(C=O)CCCl. The molecule has 0 spiro atoms. The van der Waals surface area contributed by atoms with Crippen LogP contribution in [0.5, 0.6) is 0 Å². The Morgan fingerprint density at radius 2 is 1.81 bits per heavy atom. The molecule has 0 aromatic heterocycles. The number of ether oxygens (including phenoxy) is 2. The van der Waals surface area contributed by atoms with Crippen molar-refractivity contribution in [2.24, 2.45) is 11.8 Å². The molecule has 26 heavy (non-hydrogen) atoms. The number of amides is 1. The predicted octanol–water partition coefficient (Wildman–Crippen LogP) is 4.07. The van der Waals surface area contributed by atoms with Gasteiger partial charge in [0.05, 0.1) is 13.3 Å². The molecule has 0 aliphatic heterocycles. The molecule has 2 unspecified atom stereocenters. The molecule has 0 rings (SSSR count). The fraction of sp³-hybridized carbons (Fsp3) is 0.947. The number of hydrogen-bond donors (Lipinski definition) is 1. The smallest absolute Gasteiger partial charge is 0.211 e. The second-order valence-corrected chi connectivity index (χ2v) is 7.86. The Morgan fingerprint density at radius 3 is 2.42 bits per heavy atom. The molecule has 0 saturated carbocycles. The molecule has 0 aromatic carbocycles. The first kappa shape index (κ1) is 25.9. The maximum Gasteiger partial charge on any atom is 0.211 e. The van der Waals surface area contributed by atoms with Gasteiger partial charge in [-0.05, 0) is 18.3 Å². The maximum absolute atomic E-state index is 11.3. The van der Waals surface area contributed by atoms with E-state index in [1.165, 1.54) is 19.3 Å². The standard InChI is InChI=1S/C19H38Cl2N2O3/c1-17(2)5-4-6-18(3)7-14-26-19(23(16-24)12-10-21)8-13-25-15-22-11-9-20/h16-19,22H,4-15H2,1-3H3. The molecular formula is C19H38Cl2N2O3. The second kappa shape index (κ2) is 18.3. The van der Waals surface area contributed by atoms with Gasteiger partial charge in [-0.2, -0.15) is 0 Å². The fourth-order valence-electron chi connectivity index (χ4n) is 2.60. The van der Waals surface area contributed by atoms with E-state index in [-0.39, 0.29) is 6.23 Å². The molecule has 5 nitrogen and oxygen atoms in total. The topological polar surface area (TPSA) is 50.8 Å². The van der Waals surface area contributed by atoms with E-state index in [2.05, 4.69) is 26.1 Å². The van der Waals surface area contributed by atoms with Crippen LogP contribution in [0.2, 0.25) is 0 Å². The van der Waals surface area contributed by atoms with Gasteiger partial charge in [-0.25, -0.2) is 0 Å². The number of halogens is 2. The molecule has 0 radical (unpaired) electrons. The molecule has 1 amide bonds. The van der Waals surface area contributed by atoms with Crippen molar-refractivity contribution < 1.29 is 14.3 Å².